The highest BCUT2D eigenvalue weighted by atomic mass is 32.2. The molecule has 1 aliphatic rings. The average molecular weight is 318 g/mol. The third-order valence-corrected chi connectivity index (χ3v) is 6.50. The predicted molar refractivity (Wildman–Crippen MR) is 76.6 cm³/mol. The topological polar surface area (TPSA) is 84.5 Å². The first-order valence-electron chi connectivity index (χ1n) is 6.36. The first-order chi connectivity index (χ1) is 9.44. The molecular weight excluding hydrogens is 300 g/mol. The van der Waals surface area contributed by atoms with Gasteiger partial charge in [-0.2, -0.15) is 0 Å². The number of piperidine rings is 1. The summed E-state index contributed by atoms with van der Waals surface area (Å²) in [6.45, 7) is 3.23. The number of nitrogens with one attached hydrogen (secondary N) is 2. The minimum Gasteiger partial charge on any atom is -0.465 e. The fourth-order valence-electron chi connectivity index (χ4n) is 2.16. The van der Waals surface area contributed by atoms with Crippen molar-refractivity contribution >= 4 is 27.3 Å². The molecule has 20 heavy (non-hydrogen) atoms. The number of carbonyl (C=O) groups excluding carboxylic acids is 1. The third-order valence-electron chi connectivity index (χ3n) is 3.12. The van der Waals surface area contributed by atoms with Crippen molar-refractivity contribution in [2.75, 3.05) is 20.2 Å². The molecule has 1 aromatic rings. The zero-order chi connectivity index (χ0) is 14.8. The molecule has 1 saturated heterocycles. The molecule has 0 bridgehead atoms. The number of thiophene rings is 1. The van der Waals surface area contributed by atoms with Crippen LogP contribution in [0.15, 0.2) is 10.3 Å². The van der Waals surface area contributed by atoms with Crippen molar-refractivity contribution in [2.45, 2.75) is 30.0 Å². The fourth-order valence-corrected chi connectivity index (χ4v) is 5.06. The summed E-state index contributed by atoms with van der Waals surface area (Å²) in [5.74, 6) is -0.515. The molecule has 2 N–H and O–H groups in total. The van der Waals surface area contributed by atoms with Crippen molar-refractivity contribution in [3.63, 3.8) is 0 Å². The standard InChI is InChI=1S/C12H18N2O4S2/c1-8-6-10(11(15)18-2)19-12(8)20(16,17)14-9-4-3-5-13-7-9/h6,9,13-14H,3-5,7H2,1-2H3. The van der Waals surface area contributed by atoms with Crippen molar-refractivity contribution in [3.8, 4) is 0 Å². The lowest BCUT2D eigenvalue weighted by Gasteiger charge is -2.23. The zero-order valence-corrected chi connectivity index (χ0v) is 13.1. The zero-order valence-electron chi connectivity index (χ0n) is 11.4. The van der Waals surface area contributed by atoms with Crippen molar-refractivity contribution in [1.29, 1.82) is 0 Å². The van der Waals surface area contributed by atoms with E-state index in [0.29, 0.717) is 17.0 Å². The maximum atomic E-state index is 12.4. The van der Waals surface area contributed by atoms with Gasteiger partial charge < -0.3 is 10.1 Å². The van der Waals surface area contributed by atoms with Gasteiger partial charge >= 0.3 is 5.97 Å². The average Bonchev–Trinajstić information content (AvgIpc) is 2.81. The number of carbonyl (C=O) groups is 1. The van der Waals surface area contributed by atoms with Crippen LogP contribution < -0.4 is 10.0 Å². The number of methoxy groups -OCH3 is 1. The molecular formula is C12H18N2O4S2. The minimum absolute atomic E-state index is 0.100. The molecule has 1 atom stereocenters. The SMILES string of the molecule is COC(=O)c1cc(C)c(S(=O)(=O)NC2CCCNC2)s1. The van der Waals surface area contributed by atoms with E-state index in [0.717, 1.165) is 30.7 Å². The fraction of sp³-hybridized carbons (Fsp3) is 0.583. The van der Waals surface area contributed by atoms with Crippen LogP contribution in [-0.2, 0) is 14.8 Å². The molecule has 1 aliphatic heterocycles. The molecule has 0 radical (unpaired) electrons. The highest BCUT2D eigenvalue weighted by molar-refractivity contribution is 7.91. The predicted octanol–water partition coefficient (Wildman–Crippen LogP) is 0.873. The van der Waals surface area contributed by atoms with Gasteiger partial charge in [0, 0.05) is 12.6 Å². The van der Waals surface area contributed by atoms with Gasteiger partial charge in [-0.15, -0.1) is 11.3 Å². The summed E-state index contributed by atoms with van der Waals surface area (Å²) >= 11 is 0.942. The van der Waals surface area contributed by atoms with Gasteiger partial charge in [-0.1, -0.05) is 0 Å². The molecule has 1 aromatic heterocycles. The van der Waals surface area contributed by atoms with E-state index >= 15 is 0 Å². The third kappa shape index (κ3) is 3.38. The first-order valence-corrected chi connectivity index (χ1v) is 8.66. The van der Waals surface area contributed by atoms with Crippen LogP contribution in [0.3, 0.4) is 0 Å². The molecule has 8 heteroatoms. The molecule has 0 spiro atoms. The quantitative estimate of drug-likeness (QED) is 0.805. The second kappa shape index (κ2) is 6.21. The van der Waals surface area contributed by atoms with Gasteiger partial charge in [0.2, 0.25) is 0 Å². The monoisotopic (exact) mass is 318 g/mol. The second-order valence-electron chi connectivity index (χ2n) is 4.74. The Labute approximate surface area is 122 Å². The van der Waals surface area contributed by atoms with E-state index in [1.54, 1.807) is 13.0 Å². The molecule has 2 heterocycles. The number of rotatable bonds is 4. The maximum absolute atomic E-state index is 12.4. The van der Waals surface area contributed by atoms with E-state index < -0.39 is 16.0 Å². The molecule has 0 saturated carbocycles. The minimum atomic E-state index is -3.59. The highest BCUT2D eigenvalue weighted by Gasteiger charge is 2.26. The highest BCUT2D eigenvalue weighted by Crippen LogP contribution is 2.27. The molecule has 0 amide bonds. The lowest BCUT2D eigenvalue weighted by Crippen LogP contribution is -2.45. The van der Waals surface area contributed by atoms with Crippen LogP contribution in [0.2, 0.25) is 0 Å². The number of esters is 1. The van der Waals surface area contributed by atoms with Crippen LogP contribution >= 0.6 is 11.3 Å². The van der Waals surface area contributed by atoms with Crippen LogP contribution in [0.1, 0.15) is 28.1 Å². The number of aryl methyl sites for hydroxylation is 1. The first kappa shape index (κ1) is 15.4. The van der Waals surface area contributed by atoms with Gasteiger partial charge in [0.1, 0.15) is 9.09 Å². The Morgan fingerprint density at radius 1 is 1.55 bits per heavy atom. The van der Waals surface area contributed by atoms with Crippen LogP contribution in [0.4, 0.5) is 0 Å². The van der Waals surface area contributed by atoms with Crippen molar-refractivity contribution in [2.24, 2.45) is 0 Å². The Bertz CT molecular complexity index is 589. The Morgan fingerprint density at radius 3 is 2.90 bits per heavy atom. The van der Waals surface area contributed by atoms with Gasteiger partial charge in [-0.25, -0.2) is 17.9 Å². The van der Waals surface area contributed by atoms with Gasteiger partial charge in [0.25, 0.3) is 10.0 Å². The van der Waals surface area contributed by atoms with Crippen LogP contribution in [-0.4, -0.2) is 40.6 Å². The molecule has 6 nitrogen and oxygen atoms in total. The summed E-state index contributed by atoms with van der Waals surface area (Å²) in [6.07, 6.45) is 1.77. The smallest absolute Gasteiger partial charge is 0.348 e. The largest absolute Gasteiger partial charge is 0.465 e. The van der Waals surface area contributed by atoms with E-state index in [4.69, 9.17) is 0 Å². The summed E-state index contributed by atoms with van der Waals surface area (Å²) < 4.78 is 32.2. The Morgan fingerprint density at radius 2 is 2.30 bits per heavy atom. The van der Waals surface area contributed by atoms with Crippen LogP contribution in [0.5, 0.6) is 0 Å². The van der Waals surface area contributed by atoms with Crippen LogP contribution in [0, 0.1) is 6.92 Å². The van der Waals surface area contributed by atoms with Gasteiger partial charge in [0.05, 0.1) is 7.11 Å². The molecule has 2 rings (SSSR count). The number of hydrogen-bond acceptors (Lipinski definition) is 6. The number of sulfonamides is 1. The van der Waals surface area contributed by atoms with E-state index in [2.05, 4.69) is 14.8 Å². The van der Waals surface area contributed by atoms with Gasteiger partial charge in [0.15, 0.2) is 0 Å². The number of hydrogen-bond donors (Lipinski definition) is 2. The van der Waals surface area contributed by atoms with Crippen LogP contribution in [0.25, 0.3) is 0 Å². The molecule has 112 valence electrons. The Balaban J connectivity index is 2.20. The molecule has 1 unspecified atom stereocenters. The van der Waals surface area contributed by atoms with Crippen molar-refractivity contribution < 1.29 is 17.9 Å². The summed E-state index contributed by atoms with van der Waals surface area (Å²) in [6, 6.07) is 1.45. The summed E-state index contributed by atoms with van der Waals surface area (Å²) in [4.78, 5) is 11.8. The van der Waals surface area contributed by atoms with Gasteiger partial charge in [-0.05, 0) is 37.9 Å². The Kier molecular flexibility index (Phi) is 4.79. The summed E-state index contributed by atoms with van der Waals surface area (Å²) in [5.41, 5.74) is 0.562. The van der Waals surface area contributed by atoms with Crippen molar-refractivity contribution in [3.05, 3.63) is 16.5 Å². The van der Waals surface area contributed by atoms with Gasteiger partial charge in [-0.3, -0.25) is 0 Å². The van der Waals surface area contributed by atoms with E-state index in [1.807, 2.05) is 0 Å². The van der Waals surface area contributed by atoms with E-state index in [1.165, 1.54) is 7.11 Å². The summed E-state index contributed by atoms with van der Waals surface area (Å²) in [5, 5.41) is 3.16. The Hall–Kier alpha value is -0.960. The lowest BCUT2D eigenvalue weighted by atomic mass is 10.1. The number of ether oxygens (including phenoxy) is 1. The normalized spacial score (nSPS) is 19.8. The molecule has 0 aromatic carbocycles. The van der Waals surface area contributed by atoms with Crippen molar-refractivity contribution in [1.82, 2.24) is 10.0 Å². The van der Waals surface area contributed by atoms with E-state index in [9.17, 15) is 13.2 Å². The molecule has 0 aliphatic carbocycles. The molecule has 1 fully saturated rings. The lowest BCUT2D eigenvalue weighted by molar-refractivity contribution is 0.0606. The summed E-state index contributed by atoms with van der Waals surface area (Å²) in [7, 11) is -2.32. The maximum Gasteiger partial charge on any atom is 0.348 e. The second-order valence-corrected chi connectivity index (χ2v) is 7.70. The van der Waals surface area contributed by atoms with E-state index in [-0.39, 0.29) is 10.3 Å².